The number of hydrogen-bond donors (Lipinski definition) is 1. The summed E-state index contributed by atoms with van der Waals surface area (Å²) in [4.78, 5) is 7.92. The Labute approximate surface area is 195 Å². The van der Waals surface area contributed by atoms with E-state index in [2.05, 4.69) is 11.6 Å². The van der Waals surface area contributed by atoms with Crippen LogP contribution in [0.1, 0.15) is 46.2 Å². The standard InChI is InChI=1S/C23H24F3N3O2S2/c1-3-29-13-19(15-5-4-6-16(11-15)23(24,25)26)21-18(14(29)2)12-20(32-21)22(27)28-17-7-9-33(30,31)10-8-17/h4-6,11-13,17H,2-3,7-10H2,1H3,(H2,27,28). The first-order chi connectivity index (χ1) is 15.5. The van der Waals surface area contributed by atoms with Crippen molar-refractivity contribution in [3.63, 3.8) is 0 Å². The van der Waals surface area contributed by atoms with E-state index in [1.165, 1.54) is 17.4 Å². The zero-order valence-electron chi connectivity index (χ0n) is 18.0. The molecule has 4 rings (SSSR count). The van der Waals surface area contributed by atoms with Crippen molar-refractivity contribution in [2.45, 2.75) is 32.0 Å². The van der Waals surface area contributed by atoms with Gasteiger partial charge in [-0.15, -0.1) is 11.3 Å². The largest absolute Gasteiger partial charge is 0.416 e. The summed E-state index contributed by atoms with van der Waals surface area (Å²) in [5, 5.41) is 0. The highest BCUT2D eigenvalue weighted by atomic mass is 32.2. The minimum Gasteiger partial charge on any atom is -0.383 e. The van der Waals surface area contributed by atoms with Gasteiger partial charge in [-0.05, 0) is 43.5 Å². The molecule has 0 saturated carbocycles. The molecule has 0 atom stereocenters. The number of nitrogens with zero attached hydrogens (tertiary/aromatic N) is 2. The van der Waals surface area contributed by atoms with Crippen molar-refractivity contribution in [3.8, 4) is 0 Å². The summed E-state index contributed by atoms with van der Waals surface area (Å²) in [6.07, 6.45) is -1.76. The molecule has 0 radical (unpaired) electrons. The zero-order valence-corrected chi connectivity index (χ0v) is 19.7. The van der Waals surface area contributed by atoms with E-state index in [0.29, 0.717) is 41.2 Å². The third-order valence-electron chi connectivity index (χ3n) is 5.86. The molecule has 0 bridgehead atoms. The van der Waals surface area contributed by atoms with Crippen LogP contribution in [0.4, 0.5) is 13.2 Å². The number of aliphatic imine (C=N–C) groups is 1. The molecule has 3 heterocycles. The van der Waals surface area contributed by atoms with E-state index >= 15 is 0 Å². The number of halogens is 3. The van der Waals surface area contributed by atoms with Gasteiger partial charge in [-0.2, -0.15) is 13.2 Å². The predicted molar refractivity (Wildman–Crippen MR) is 127 cm³/mol. The molecule has 2 aromatic rings. The predicted octanol–water partition coefficient (Wildman–Crippen LogP) is 4.74. The Hall–Kier alpha value is -2.59. The summed E-state index contributed by atoms with van der Waals surface area (Å²) in [6.45, 7) is 6.70. The van der Waals surface area contributed by atoms with Crippen LogP contribution in [0.25, 0.3) is 11.3 Å². The smallest absolute Gasteiger partial charge is 0.383 e. The topological polar surface area (TPSA) is 75.8 Å². The number of thiophene rings is 1. The zero-order chi connectivity index (χ0) is 24.0. The van der Waals surface area contributed by atoms with E-state index in [4.69, 9.17) is 5.73 Å². The second kappa shape index (κ2) is 8.64. The Morgan fingerprint density at radius 2 is 1.97 bits per heavy atom. The van der Waals surface area contributed by atoms with Gasteiger partial charge in [0.05, 0.1) is 28.0 Å². The van der Waals surface area contributed by atoms with Crippen LogP contribution in [0.5, 0.6) is 0 Å². The molecule has 2 aliphatic rings. The number of amidine groups is 1. The van der Waals surface area contributed by atoms with Crippen LogP contribution in [0.15, 0.2) is 48.1 Å². The van der Waals surface area contributed by atoms with Gasteiger partial charge in [-0.3, -0.25) is 4.99 Å². The maximum Gasteiger partial charge on any atom is 0.416 e. The average Bonchev–Trinajstić information content (AvgIpc) is 3.21. The van der Waals surface area contributed by atoms with Crippen LogP contribution in [0.2, 0.25) is 0 Å². The second-order valence-corrected chi connectivity index (χ2v) is 11.5. The molecule has 5 nitrogen and oxygen atoms in total. The molecule has 0 spiro atoms. The van der Waals surface area contributed by atoms with Crippen LogP contribution >= 0.6 is 11.3 Å². The number of nitrogens with two attached hydrogens (primary N) is 1. The van der Waals surface area contributed by atoms with Gasteiger partial charge in [0, 0.05) is 34.5 Å². The molecule has 1 aromatic carbocycles. The molecule has 1 saturated heterocycles. The van der Waals surface area contributed by atoms with Crippen LogP contribution in [-0.2, 0) is 16.0 Å². The van der Waals surface area contributed by atoms with Crippen LogP contribution < -0.4 is 5.73 Å². The van der Waals surface area contributed by atoms with E-state index in [0.717, 1.165) is 28.3 Å². The van der Waals surface area contributed by atoms with Gasteiger partial charge in [0.15, 0.2) is 0 Å². The highest BCUT2D eigenvalue weighted by Gasteiger charge is 2.32. The van der Waals surface area contributed by atoms with Gasteiger partial charge in [-0.1, -0.05) is 18.7 Å². The minimum atomic E-state index is -4.44. The number of alkyl halides is 3. The Morgan fingerprint density at radius 1 is 1.27 bits per heavy atom. The fraction of sp³-hybridized carbons (Fsp3) is 0.348. The van der Waals surface area contributed by atoms with Crippen molar-refractivity contribution >= 4 is 38.3 Å². The average molecular weight is 496 g/mol. The number of benzene rings is 1. The Kier molecular flexibility index (Phi) is 6.17. The molecular formula is C23H24F3N3O2S2. The Balaban J connectivity index is 1.72. The lowest BCUT2D eigenvalue weighted by Crippen LogP contribution is -2.27. The first-order valence-electron chi connectivity index (χ1n) is 10.5. The lowest BCUT2D eigenvalue weighted by Gasteiger charge is -2.28. The van der Waals surface area contributed by atoms with Gasteiger partial charge >= 0.3 is 6.18 Å². The molecule has 2 N–H and O–H groups in total. The van der Waals surface area contributed by atoms with Crippen LogP contribution in [-0.4, -0.2) is 43.2 Å². The molecule has 2 aliphatic heterocycles. The molecule has 33 heavy (non-hydrogen) atoms. The number of fused-ring (bicyclic) bond motifs is 1. The number of sulfone groups is 1. The molecule has 0 unspecified atom stereocenters. The lowest BCUT2D eigenvalue weighted by molar-refractivity contribution is -0.137. The highest BCUT2D eigenvalue weighted by Crippen LogP contribution is 2.43. The van der Waals surface area contributed by atoms with Gasteiger partial charge in [0.1, 0.15) is 15.7 Å². The van der Waals surface area contributed by atoms with E-state index in [-0.39, 0.29) is 17.5 Å². The number of hydrogen-bond acceptors (Lipinski definition) is 5. The van der Waals surface area contributed by atoms with Crippen molar-refractivity contribution in [1.82, 2.24) is 4.90 Å². The SMILES string of the molecule is C=C1c2cc(C(N)=NC3CCS(=O)(=O)CC3)sc2C(c2cccc(C(F)(F)F)c2)=CN1CC. The van der Waals surface area contributed by atoms with Gasteiger partial charge in [0.2, 0.25) is 0 Å². The molecule has 10 heteroatoms. The normalized spacial score (nSPS) is 19.4. The van der Waals surface area contributed by atoms with Gasteiger partial charge < -0.3 is 10.6 Å². The molecular weight excluding hydrogens is 471 g/mol. The quantitative estimate of drug-likeness (QED) is 0.491. The van der Waals surface area contributed by atoms with Crippen LogP contribution in [0, 0.1) is 0 Å². The molecule has 1 aromatic heterocycles. The molecule has 176 valence electrons. The summed E-state index contributed by atoms with van der Waals surface area (Å²) >= 11 is 1.35. The highest BCUT2D eigenvalue weighted by molar-refractivity contribution is 7.91. The summed E-state index contributed by atoms with van der Waals surface area (Å²) < 4.78 is 63.3. The lowest BCUT2D eigenvalue weighted by atomic mass is 9.96. The van der Waals surface area contributed by atoms with E-state index in [9.17, 15) is 21.6 Å². The monoisotopic (exact) mass is 495 g/mol. The van der Waals surface area contributed by atoms with Crippen molar-refractivity contribution in [2.75, 3.05) is 18.1 Å². The Bertz CT molecular complexity index is 1250. The number of rotatable bonds is 4. The molecule has 1 fully saturated rings. The van der Waals surface area contributed by atoms with Crippen molar-refractivity contribution < 1.29 is 21.6 Å². The molecule has 0 aliphatic carbocycles. The van der Waals surface area contributed by atoms with Gasteiger partial charge in [-0.25, -0.2) is 8.42 Å². The first-order valence-corrected chi connectivity index (χ1v) is 13.2. The second-order valence-electron chi connectivity index (χ2n) is 8.10. The fourth-order valence-electron chi connectivity index (χ4n) is 4.00. The summed E-state index contributed by atoms with van der Waals surface area (Å²) in [5.74, 6) is 0.498. The fourth-order valence-corrected chi connectivity index (χ4v) is 6.58. The first kappa shape index (κ1) is 23.6. The third kappa shape index (κ3) is 4.86. The van der Waals surface area contributed by atoms with Crippen LogP contribution in [0.3, 0.4) is 0 Å². The molecule has 0 amide bonds. The van der Waals surface area contributed by atoms with E-state index in [1.807, 2.05) is 24.1 Å². The van der Waals surface area contributed by atoms with E-state index in [1.54, 1.807) is 6.07 Å². The van der Waals surface area contributed by atoms with Crippen molar-refractivity contribution in [1.29, 1.82) is 0 Å². The minimum absolute atomic E-state index is 0.0973. The third-order valence-corrected chi connectivity index (χ3v) is 8.77. The van der Waals surface area contributed by atoms with Crippen molar-refractivity contribution in [2.24, 2.45) is 10.7 Å². The summed E-state index contributed by atoms with van der Waals surface area (Å²) in [7, 11) is -3.00. The maximum atomic E-state index is 13.3. The van der Waals surface area contributed by atoms with Gasteiger partial charge in [0.25, 0.3) is 0 Å². The van der Waals surface area contributed by atoms with E-state index < -0.39 is 21.6 Å². The summed E-state index contributed by atoms with van der Waals surface area (Å²) in [5.41, 5.74) is 8.24. The summed E-state index contributed by atoms with van der Waals surface area (Å²) in [6, 6.07) is 6.97. The van der Waals surface area contributed by atoms with Crippen molar-refractivity contribution in [3.05, 3.63) is 69.6 Å². The Morgan fingerprint density at radius 3 is 2.61 bits per heavy atom. The maximum absolute atomic E-state index is 13.3.